The largest absolute Gasteiger partial charge is 0.387 e. The van der Waals surface area contributed by atoms with Gasteiger partial charge in [-0.15, -0.1) is 5.10 Å². The second-order valence-electron chi connectivity index (χ2n) is 4.14. The Labute approximate surface area is 92.3 Å². The van der Waals surface area contributed by atoms with E-state index in [4.69, 9.17) is 0 Å². The van der Waals surface area contributed by atoms with Crippen molar-refractivity contribution in [2.45, 2.75) is 25.0 Å². The van der Waals surface area contributed by atoms with Crippen molar-refractivity contribution >= 4 is 5.65 Å². The second kappa shape index (κ2) is 3.80. The topological polar surface area (TPSA) is 75.3 Å². The van der Waals surface area contributed by atoms with E-state index in [0.717, 1.165) is 5.56 Å². The molecule has 1 aliphatic carbocycles. The highest BCUT2D eigenvalue weighted by atomic mass is 16.3. The standard InChI is InChI=1S/C10H13N5O/c16-9(5-11-8-2-3-8)7-1-4-10-12-13-14-15(10)6-7/h1,4,6,8-9,11,16H,2-3,5H2/t9-/m0/s1. The third-order valence-electron chi connectivity index (χ3n) is 2.78. The molecule has 1 fully saturated rings. The minimum atomic E-state index is -0.505. The Kier molecular flexibility index (Phi) is 2.30. The predicted molar refractivity (Wildman–Crippen MR) is 56.8 cm³/mol. The van der Waals surface area contributed by atoms with Crippen molar-refractivity contribution in [2.75, 3.05) is 6.54 Å². The number of nitrogens with zero attached hydrogens (tertiary/aromatic N) is 4. The highest BCUT2D eigenvalue weighted by Crippen LogP contribution is 2.20. The molecule has 16 heavy (non-hydrogen) atoms. The van der Waals surface area contributed by atoms with Gasteiger partial charge in [-0.1, -0.05) is 6.07 Å². The van der Waals surface area contributed by atoms with Gasteiger partial charge in [0.15, 0.2) is 5.65 Å². The van der Waals surface area contributed by atoms with Crippen molar-refractivity contribution in [1.29, 1.82) is 0 Å². The first-order valence-electron chi connectivity index (χ1n) is 5.42. The molecule has 0 saturated heterocycles. The van der Waals surface area contributed by atoms with Gasteiger partial charge >= 0.3 is 0 Å². The Balaban J connectivity index is 1.75. The Hall–Kier alpha value is -1.53. The number of pyridine rings is 1. The number of aliphatic hydroxyl groups excluding tert-OH is 1. The lowest BCUT2D eigenvalue weighted by molar-refractivity contribution is 0.173. The van der Waals surface area contributed by atoms with Gasteiger partial charge in [-0.3, -0.25) is 0 Å². The van der Waals surface area contributed by atoms with Crippen molar-refractivity contribution in [3.8, 4) is 0 Å². The van der Waals surface area contributed by atoms with Gasteiger partial charge in [-0.05, 0) is 29.3 Å². The van der Waals surface area contributed by atoms with Crippen LogP contribution in [0.25, 0.3) is 5.65 Å². The molecule has 2 aromatic rings. The third-order valence-corrected chi connectivity index (χ3v) is 2.78. The summed E-state index contributed by atoms with van der Waals surface area (Å²) in [6, 6.07) is 4.26. The molecule has 6 nitrogen and oxygen atoms in total. The Bertz CT molecular complexity index is 493. The molecule has 1 aliphatic rings. The lowest BCUT2D eigenvalue weighted by atomic mass is 10.1. The van der Waals surface area contributed by atoms with Gasteiger partial charge in [-0.2, -0.15) is 0 Å². The maximum Gasteiger partial charge on any atom is 0.179 e. The predicted octanol–water partition coefficient (Wildman–Crippen LogP) is -0.0903. The molecule has 0 amide bonds. The van der Waals surface area contributed by atoms with Crippen LogP contribution in [0.3, 0.4) is 0 Å². The number of tetrazole rings is 1. The van der Waals surface area contributed by atoms with Gasteiger partial charge in [0.25, 0.3) is 0 Å². The van der Waals surface area contributed by atoms with E-state index in [0.29, 0.717) is 18.2 Å². The van der Waals surface area contributed by atoms with Crippen LogP contribution in [0.2, 0.25) is 0 Å². The molecule has 0 unspecified atom stereocenters. The molecule has 84 valence electrons. The molecule has 1 atom stereocenters. The van der Waals surface area contributed by atoms with Crippen LogP contribution in [0.4, 0.5) is 0 Å². The molecule has 3 rings (SSSR count). The van der Waals surface area contributed by atoms with Gasteiger partial charge in [0.1, 0.15) is 0 Å². The summed E-state index contributed by atoms with van der Waals surface area (Å²) < 4.78 is 1.57. The zero-order valence-corrected chi connectivity index (χ0v) is 8.74. The molecule has 0 spiro atoms. The molecule has 6 heteroatoms. The average molecular weight is 219 g/mol. The zero-order chi connectivity index (χ0) is 11.0. The van der Waals surface area contributed by atoms with Crippen LogP contribution >= 0.6 is 0 Å². The molecule has 1 saturated carbocycles. The first-order chi connectivity index (χ1) is 7.83. The summed E-state index contributed by atoms with van der Waals surface area (Å²) in [6.45, 7) is 0.582. The number of rotatable bonds is 4. The number of hydrogen-bond donors (Lipinski definition) is 2. The number of fused-ring (bicyclic) bond motifs is 1. The first-order valence-corrected chi connectivity index (χ1v) is 5.42. The maximum atomic E-state index is 9.95. The minimum Gasteiger partial charge on any atom is -0.387 e. The van der Waals surface area contributed by atoms with Crippen LogP contribution in [0.15, 0.2) is 18.3 Å². The molecule has 2 aromatic heterocycles. The van der Waals surface area contributed by atoms with Crippen LogP contribution in [-0.4, -0.2) is 37.7 Å². The van der Waals surface area contributed by atoms with Gasteiger partial charge in [0.2, 0.25) is 0 Å². The quantitative estimate of drug-likeness (QED) is 0.751. The number of hydrogen-bond acceptors (Lipinski definition) is 5. The summed E-state index contributed by atoms with van der Waals surface area (Å²) in [4.78, 5) is 0. The van der Waals surface area contributed by atoms with Gasteiger partial charge in [0.05, 0.1) is 6.10 Å². The SMILES string of the molecule is O[C@@H](CNC1CC1)c1ccc2nnnn2c1. The van der Waals surface area contributed by atoms with Crippen LogP contribution in [0, 0.1) is 0 Å². The van der Waals surface area contributed by atoms with Crippen molar-refractivity contribution in [2.24, 2.45) is 0 Å². The van der Waals surface area contributed by atoms with Crippen LogP contribution in [0.5, 0.6) is 0 Å². The number of aromatic nitrogens is 4. The second-order valence-corrected chi connectivity index (χ2v) is 4.14. The molecular formula is C10H13N5O. The normalized spacial score (nSPS) is 17.8. The van der Waals surface area contributed by atoms with Crippen LogP contribution in [-0.2, 0) is 0 Å². The lowest BCUT2D eigenvalue weighted by Crippen LogP contribution is -2.23. The van der Waals surface area contributed by atoms with E-state index in [1.807, 2.05) is 6.07 Å². The van der Waals surface area contributed by atoms with Crippen LogP contribution in [0.1, 0.15) is 24.5 Å². The third kappa shape index (κ3) is 1.89. The summed E-state index contributed by atoms with van der Waals surface area (Å²) >= 11 is 0. The Morgan fingerprint density at radius 3 is 3.19 bits per heavy atom. The van der Waals surface area contributed by atoms with E-state index in [1.165, 1.54) is 12.8 Å². The smallest absolute Gasteiger partial charge is 0.179 e. The maximum absolute atomic E-state index is 9.95. The van der Waals surface area contributed by atoms with Crippen molar-refractivity contribution in [3.05, 3.63) is 23.9 Å². The highest BCUT2D eigenvalue weighted by Gasteiger charge is 2.21. The lowest BCUT2D eigenvalue weighted by Gasteiger charge is -2.11. The fraction of sp³-hybridized carbons (Fsp3) is 0.500. The summed E-state index contributed by atoms with van der Waals surface area (Å²) in [5, 5.41) is 24.4. The fourth-order valence-electron chi connectivity index (χ4n) is 1.64. The molecule has 2 N–H and O–H groups in total. The van der Waals surface area contributed by atoms with E-state index in [-0.39, 0.29) is 0 Å². The van der Waals surface area contributed by atoms with E-state index in [1.54, 1.807) is 16.8 Å². The van der Waals surface area contributed by atoms with E-state index >= 15 is 0 Å². The van der Waals surface area contributed by atoms with Gasteiger partial charge < -0.3 is 10.4 Å². The number of aliphatic hydroxyl groups is 1. The number of nitrogens with one attached hydrogen (secondary N) is 1. The summed E-state index contributed by atoms with van der Waals surface area (Å²) in [7, 11) is 0. The Morgan fingerprint density at radius 2 is 2.38 bits per heavy atom. The monoisotopic (exact) mass is 219 g/mol. The molecular weight excluding hydrogens is 206 g/mol. The highest BCUT2D eigenvalue weighted by molar-refractivity contribution is 5.36. The summed E-state index contributed by atoms with van der Waals surface area (Å²) in [5.74, 6) is 0. The Morgan fingerprint density at radius 1 is 1.50 bits per heavy atom. The fourth-order valence-corrected chi connectivity index (χ4v) is 1.64. The zero-order valence-electron chi connectivity index (χ0n) is 8.74. The summed E-state index contributed by atoms with van der Waals surface area (Å²) in [5.41, 5.74) is 1.51. The van der Waals surface area contributed by atoms with Crippen molar-refractivity contribution in [1.82, 2.24) is 25.4 Å². The molecule has 2 heterocycles. The first kappa shape index (κ1) is 9.68. The minimum absolute atomic E-state index is 0.505. The molecule has 0 radical (unpaired) electrons. The molecule has 0 aliphatic heterocycles. The van der Waals surface area contributed by atoms with Gasteiger partial charge in [-0.25, -0.2) is 4.52 Å². The van der Waals surface area contributed by atoms with Crippen LogP contribution < -0.4 is 5.32 Å². The van der Waals surface area contributed by atoms with E-state index in [9.17, 15) is 5.11 Å². The van der Waals surface area contributed by atoms with Gasteiger partial charge in [0, 0.05) is 24.3 Å². The summed E-state index contributed by atoms with van der Waals surface area (Å²) in [6.07, 6.45) is 3.70. The van der Waals surface area contributed by atoms with Crippen molar-refractivity contribution < 1.29 is 5.11 Å². The van der Waals surface area contributed by atoms with Crippen molar-refractivity contribution in [3.63, 3.8) is 0 Å². The van der Waals surface area contributed by atoms with E-state index < -0.39 is 6.10 Å². The molecule has 0 bridgehead atoms. The van der Waals surface area contributed by atoms with E-state index in [2.05, 4.69) is 20.8 Å². The molecule has 0 aromatic carbocycles. The average Bonchev–Trinajstić information content (AvgIpc) is 3.01.